The average Bonchev–Trinajstić information content (AvgIpc) is 2.96. The maximum atomic E-state index is 13.4. The molecule has 202 valence electrons. The Balaban J connectivity index is 1.56. The smallest absolute Gasteiger partial charge is 0.338 e. The summed E-state index contributed by atoms with van der Waals surface area (Å²) in [6, 6.07) is 22.8. The SMILES string of the molecule is O=C1/C=C\c2ccccc2OC(=O)[C@@H](NC(=O)CCc2ccccc2)c2ccc(cc2)OCCCCCCN1. The molecule has 39 heavy (non-hydrogen) atoms. The number of amides is 2. The quantitative estimate of drug-likeness (QED) is 0.362. The summed E-state index contributed by atoms with van der Waals surface area (Å²) in [5.41, 5.74) is 2.20. The number of hydrogen-bond acceptors (Lipinski definition) is 5. The Kier molecular flexibility index (Phi) is 10.3. The highest BCUT2D eigenvalue weighted by Gasteiger charge is 2.25. The van der Waals surface area contributed by atoms with Gasteiger partial charge in [0.25, 0.3) is 0 Å². The lowest BCUT2D eigenvalue weighted by molar-refractivity contribution is -0.139. The van der Waals surface area contributed by atoms with Gasteiger partial charge in [0.1, 0.15) is 11.5 Å². The molecule has 7 nitrogen and oxygen atoms in total. The van der Waals surface area contributed by atoms with Crippen molar-refractivity contribution in [2.45, 2.75) is 44.6 Å². The molecule has 7 heteroatoms. The summed E-state index contributed by atoms with van der Waals surface area (Å²) < 4.78 is 11.6. The van der Waals surface area contributed by atoms with E-state index in [2.05, 4.69) is 10.6 Å². The maximum absolute atomic E-state index is 13.4. The van der Waals surface area contributed by atoms with E-state index in [-0.39, 0.29) is 18.2 Å². The first-order valence-electron chi connectivity index (χ1n) is 13.4. The van der Waals surface area contributed by atoms with E-state index in [0.717, 1.165) is 31.2 Å². The molecule has 0 radical (unpaired) electrons. The van der Waals surface area contributed by atoms with Crippen molar-refractivity contribution in [1.29, 1.82) is 0 Å². The Morgan fingerprint density at radius 3 is 2.41 bits per heavy atom. The van der Waals surface area contributed by atoms with E-state index < -0.39 is 12.0 Å². The molecule has 0 unspecified atom stereocenters. The summed E-state index contributed by atoms with van der Waals surface area (Å²) in [4.78, 5) is 38.6. The van der Waals surface area contributed by atoms with Gasteiger partial charge in [-0.1, -0.05) is 73.5 Å². The second-order valence-corrected chi connectivity index (χ2v) is 9.40. The van der Waals surface area contributed by atoms with Crippen molar-refractivity contribution in [2.24, 2.45) is 0 Å². The van der Waals surface area contributed by atoms with Crippen molar-refractivity contribution >= 4 is 23.9 Å². The first-order chi connectivity index (χ1) is 19.1. The summed E-state index contributed by atoms with van der Waals surface area (Å²) in [5.74, 6) is -0.114. The molecule has 1 atom stereocenters. The van der Waals surface area contributed by atoms with Crippen LogP contribution in [-0.4, -0.2) is 30.9 Å². The molecule has 0 aromatic heterocycles. The van der Waals surface area contributed by atoms with Gasteiger partial charge in [-0.05, 0) is 54.7 Å². The number of rotatable bonds is 4. The fraction of sp³-hybridized carbons (Fsp3) is 0.281. The normalized spacial score (nSPS) is 17.6. The number of fused-ring (bicyclic) bond motifs is 13. The minimum absolute atomic E-state index is 0.211. The third-order valence-electron chi connectivity index (χ3n) is 6.42. The number of aryl methyl sites for hydroxylation is 1. The van der Waals surface area contributed by atoms with Crippen LogP contribution in [0.4, 0.5) is 0 Å². The zero-order chi connectivity index (χ0) is 27.3. The summed E-state index contributed by atoms with van der Waals surface area (Å²) in [6.07, 6.45) is 7.62. The van der Waals surface area contributed by atoms with Gasteiger partial charge < -0.3 is 20.1 Å². The Bertz CT molecular complexity index is 1270. The van der Waals surface area contributed by atoms with Crippen LogP contribution in [0.25, 0.3) is 6.08 Å². The first kappa shape index (κ1) is 27.6. The van der Waals surface area contributed by atoms with Crippen LogP contribution >= 0.6 is 0 Å². The van der Waals surface area contributed by atoms with Gasteiger partial charge in [-0.3, -0.25) is 9.59 Å². The Labute approximate surface area is 229 Å². The molecule has 0 spiro atoms. The standard InChI is InChI=1S/C32H34N2O5/c35-29-21-17-25-12-6-7-13-28(25)39-32(37)31(34-30(36)20-14-24-10-4-3-5-11-24)26-15-18-27(19-16-26)38-23-9-2-1-8-22-33-29/h3-7,10-13,15-19,21,31H,1-2,8-9,14,20,22-23H2,(H,33,35)(H,34,36)/b21-17-/t31-/m0/s1. The van der Waals surface area contributed by atoms with Crippen LogP contribution in [0.15, 0.2) is 84.9 Å². The molecule has 0 aliphatic carbocycles. The van der Waals surface area contributed by atoms with Gasteiger partial charge in [0, 0.05) is 24.6 Å². The number of esters is 1. The highest BCUT2D eigenvalue weighted by atomic mass is 16.5. The molecule has 5 rings (SSSR count). The van der Waals surface area contributed by atoms with Crippen LogP contribution in [-0.2, 0) is 20.8 Å². The molecular formula is C32H34N2O5. The van der Waals surface area contributed by atoms with E-state index in [1.165, 1.54) is 6.08 Å². The summed E-state index contributed by atoms with van der Waals surface area (Å²) in [6.45, 7) is 1.17. The van der Waals surface area contributed by atoms with Crippen molar-refractivity contribution in [3.05, 3.63) is 102 Å². The van der Waals surface area contributed by atoms with Crippen LogP contribution in [0, 0.1) is 0 Å². The minimum Gasteiger partial charge on any atom is -0.494 e. The zero-order valence-corrected chi connectivity index (χ0v) is 21.9. The third kappa shape index (κ3) is 8.85. The number of para-hydroxylation sites is 1. The molecule has 0 saturated heterocycles. The molecule has 0 saturated carbocycles. The largest absolute Gasteiger partial charge is 0.494 e. The number of benzene rings is 3. The molecule has 0 fully saturated rings. The summed E-state index contributed by atoms with van der Waals surface area (Å²) in [5, 5.41) is 5.73. The summed E-state index contributed by atoms with van der Waals surface area (Å²) >= 11 is 0. The predicted octanol–water partition coefficient (Wildman–Crippen LogP) is 5.16. The van der Waals surface area contributed by atoms with E-state index in [0.29, 0.717) is 42.2 Å². The van der Waals surface area contributed by atoms with Crippen LogP contribution in [0.5, 0.6) is 11.5 Å². The lowest BCUT2D eigenvalue weighted by Crippen LogP contribution is -2.36. The van der Waals surface area contributed by atoms with Crippen molar-refractivity contribution in [1.82, 2.24) is 10.6 Å². The summed E-state index contributed by atoms with van der Waals surface area (Å²) in [7, 11) is 0. The monoisotopic (exact) mass is 526 g/mol. The van der Waals surface area contributed by atoms with Gasteiger partial charge in [0.2, 0.25) is 11.8 Å². The second kappa shape index (κ2) is 14.5. The van der Waals surface area contributed by atoms with Gasteiger partial charge in [-0.25, -0.2) is 4.79 Å². The van der Waals surface area contributed by atoms with E-state index in [4.69, 9.17) is 9.47 Å². The Morgan fingerprint density at radius 1 is 0.846 bits per heavy atom. The molecule has 2 amide bonds. The Morgan fingerprint density at radius 2 is 1.59 bits per heavy atom. The van der Waals surface area contributed by atoms with Gasteiger partial charge in [0.15, 0.2) is 6.04 Å². The van der Waals surface area contributed by atoms with Gasteiger partial charge >= 0.3 is 5.97 Å². The number of carbonyl (C=O) groups is 3. The molecule has 3 aromatic rings. The lowest BCUT2D eigenvalue weighted by Gasteiger charge is -2.19. The van der Waals surface area contributed by atoms with Crippen molar-refractivity contribution < 1.29 is 23.9 Å². The zero-order valence-electron chi connectivity index (χ0n) is 21.9. The molecule has 2 bridgehead atoms. The van der Waals surface area contributed by atoms with Gasteiger partial charge in [0.05, 0.1) is 6.61 Å². The van der Waals surface area contributed by atoms with Crippen LogP contribution in [0.2, 0.25) is 0 Å². The first-order valence-corrected chi connectivity index (χ1v) is 13.4. The van der Waals surface area contributed by atoms with Crippen LogP contribution < -0.4 is 20.1 Å². The van der Waals surface area contributed by atoms with Gasteiger partial charge in [-0.2, -0.15) is 0 Å². The predicted molar refractivity (Wildman–Crippen MR) is 150 cm³/mol. The fourth-order valence-corrected chi connectivity index (χ4v) is 4.26. The molecule has 2 aliphatic rings. The van der Waals surface area contributed by atoms with E-state index >= 15 is 0 Å². The van der Waals surface area contributed by atoms with Gasteiger partial charge in [-0.15, -0.1) is 0 Å². The second-order valence-electron chi connectivity index (χ2n) is 9.40. The van der Waals surface area contributed by atoms with Crippen LogP contribution in [0.3, 0.4) is 0 Å². The lowest BCUT2D eigenvalue weighted by atomic mass is 10.1. The maximum Gasteiger partial charge on any atom is 0.338 e. The molecule has 2 aliphatic heterocycles. The average molecular weight is 527 g/mol. The third-order valence-corrected chi connectivity index (χ3v) is 6.42. The number of ether oxygens (including phenoxy) is 2. The highest BCUT2D eigenvalue weighted by molar-refractivity contribution is 5.92. The molecule has 2 N–H and O–H groups in total. The van der Waals surface area contributed by atoms with E-state index in [1.807, 2.05) is 30.3 Å². The van der Waals surface area contributed by atoms with E-state index in [9.17, 15) is 14.4 Å². The number of carbonyl (C=O) groups excluding carboxylic acids is 3. The molecular weight excluding hydrogens is 492 g/mol. The fourth-order valence-electron chi connectivity index (χ4n) is 4.26. The molecule has 3 aromatic carbocycles. The minimum atomic E-state index is -1.02. The molecule has 2 heterocycles. The topological polar surface area (TPSA) is 93.7 Å². The highest BCUT2D eigenvalue weighted by Crippen LogP contribution is 2.24. The van der Waals surface area contributed by atoms with Crippen LogP contribution in [0.1, 0.15) is 54.8 Å². The van der Waals surface area contributed by atoms with Crippen molar-refractivity contribution in [3.8, 4) is 11.5 Å². The Hall–Kier alpha value is -4.39. The van der Waals surface area contributed by atoms with Crippen molar-refractivity contribution in [3.63, 3.8) is 0 Å². The van der Waals surface area contributed by atoms with Crippen molar-refractivity contribution in [2.75, 3.05) is 13.2 Å². The van der Waals surface area contributed by atoms with E-state index in [1.54, 1.807) is 54.6 Å². The number of nitrogens with one attached hydrogen (secondary N) is 2. The number of hydrogen-bond donors (Lipinski definition) is 2.